The van der Waals surface area contributed by atoms with Gasteiger partial charge in [0.25, 0.3) is 5.19 Å². The van der Waals surface area contributed by atoms with Gasteiger partial charge < -0.3 is 9.47 Å². The van der Waals surface area contributed by atoms with Crippen molar-refractivity contribution in [1.29, 1.82) is 0 Å². The van der Waals surface area contributed by atoms with Crippen molar-refractivity contribution in [1.82, 2.24) is 4.98 Å². The van der Waals surface area contributed by atoms with E-state index in [1.807, 2.05) is 17.5 Å². The minimum absolute atomic E-state index is 0.578. The molecule has 1 heterocycles. The summed E-state index contributed by atoms with van der Waals surface area (Å²) in [5.41, 5.74) is 0. The summed E-state index contributed by atoms with van der Waals surface area (Å²) in [6.45, 7) is 0. The maximum atomic E-state index is 5.66. The summed E-state index contributed by atoms with van der Waals surface area (Å²) < 4.78 is 13.2. The molecule has 0 saturated heterocycles. The van der Waals surface area contributed by atoms with Crippen LogP contribution in [0.3, 0.4) is 0 Å². The molecule has 0 amide bonds. The Balaban J connectivity index is 2.30. The van der Waals surface area contributed by atoms with Crippen molar-refractivity contribution in [2.75, 3.05) is 7.11 Å². The van der Waals surface area contributed by atoms with Gasteiger partial charge in [0, 0.05) is 11.4 Å². The Morgan fingerprint density at radius 1 is 1.12 bits per heavy atom. The lowest BCUT2D eigenvalue weighted by molar-refractivity contribution is 0.409. The summed E-state index contributed by atoms with van der Waals surface area (Å²) in [5.74, 6) is 1.42. The smallest absolute Gasteiger partial charge is 0.279 e. The van der Waals surface area contributed by atoms with Crippen molar-refractivity contribution in [2.24, 2.45) is 0 Å². The van der Waals surface area contributed by atoms with Crippen molar-refractivity contribution in [3.8, 4) is 16.7 Å². The fraction of sp³-hybridized carbons (Fsp3) is 0.100. The van der Waals surface area contributed by atoms with Crippen LogP contribution >= 0.6 is 59.1 Å². The van der Waals surface area contributed by atoms with Gasteiger partial charge >= 0.3 is 0 Å². The molecule has 0 aliphatic heterocycles. The molecule has 0 radical (unpaired) electrons. The van der Waals surface area contributed by atoms with Gasteiger partial charge in [-0.25, -0.2) is 0 Å². The third kappa shape index (κ3) is 3.21. The van der Waals surface area contributed by atoms with Gasteiger partial charge in [-0.2, -0.15) is 4.98 Å². The van der Waals surface area contributed by atoms with Gasteiger partial charge in [-0.3, -0.25) is 0 Å². The van der Waals surface area contributed by atoms with Crippen molar-refractivity contribution in [3.63, 3.8) is 0 Å². The molecule has 2 aromatic rings. The van der Waals surface area contributed by atoms with Crippen molar-refractivity contribution < 1.29 is 9.47 Å². The molecule has 0 N–H and O–H groups in total. The zero-order chi connectivity index (χ0) is 12.4. The van der Waals surface area contributed by atoms with Crippen LogP contribution in [-0.4, -0.2) is 12.1 Å². The maximum Gasteiger partial charge on any atom is 0.279 e. The number of hydrogen-bond acceptors (Lipinski definition) is 4. The number of halogens is 3. The minimum Gasteiger partial charge on any atom is -0.496 e. The zero-order valence-corrected chi connectivity index (χ0v) is 14.1. The monoisotopic (exact) mass is 441 g/mol. The highest BCUT2D eigenvalue weighted by Crippen LogP contribution is 2.38. The Morgan fingerprint density at radius 3 is 2.35 bits per heavy atom. The Kier molecular flexibility index (Phi) is 4.46. The minimum atomic E-state index is 0.578. The maximum absolute atomic E-state index is 5.66. The molecular weight excluding hydrogens is 438 g/mol. The predicted molar refractivity (Wildman–Crippen MR) is 78.3 cm³/mol. The van der Waals surface area contributed by atoms with Gasteiger partial charge in [0.15, 0.2) is 0 Å². The number of hydrogen-bond donors (Lipinski definition) is 0. The molecular formula is C10H6Br3NO2S. The fourth-order valence-corrected chi connectivity index (χ4v) is 3.11. The third-order valence-electron chi connectivity index (χ3n) is 1.86. The highest BCUT2D eigenvalue weighted by molar-refractivity contribution is 9.11. The van der Waals surface area contributed by atoms with E-state index in [4.69, 9.17) is 9.47 Å². The molecule has 17 heavy (non-hydrogen) atoms. The normalized spacial score (nSPS) is 10.4. The van der Waals surface area contributed by atoms with Gasteiger partial charge in [0.05, 0.1) is 16.1 Å². The lowest BCUT2D eigenvalue weighted by atomic mass is 10.3. The molecule has 0 fully saturated rings. The van der Waals surface area contributed by atoms with Crippen LogP contribution in [0.2, 0.25) is 0 Å². The summed E-state index contributed by atoms with van der Waals surface area (Å²) in [7, 11) is 1.62. The van der Waals surface area contributed by atoms with E-state index in [2.05, 4.69) is 52.8 Å². The lowest BCUT2D eigenvalue weighted by Crippen LogP contribution is -1.89. The number of thiazole rings is 1. The molecule has 0 aliphatic carbocycles. The second kappa shape index (κ2) is 5.69. The first-order chi connectivity index (χ1) is 8.10. The average Bonchev–Trinajstić information content (AvgIpc) is 2.69. The molecule has 90 valence electrons. The fourth-order valence-electron chi connectivity index (χ4n) is 1.12. The molecule has 7 heteroatoms. The quantitative estimate of drug-likeness (QED) is 0.650. The van der Waals surface area contributed by atoms with Crippen LogP contribution in [0.15, 0.2) is 31.1 Å². The van der Waals surface area contributed by atoms with E-state index in [-0.39, 0.29) is 0 Å². The number of aromatic nitrogens is 1. The van der Waals surface area contributed by atoms with Crippen LogP contribution in [0.4, 0.5) is 0 Å². The SMILES string of the molecule is COc1cc(Br)c(Oc2nc(Br)cs2)cc1Br. The van der Waals surface area contributed by atoms with Crippen LogP contribution in [0.25, 0.3) is 0 Å². The van der Waals surface area contributed by atoms with Gasteiger partial charge in [-0.05, 0) is 53.9 Å². The van der Waals surface area contributed by atoms with E-state index in [0.29, 0.717) is 10.9 Å². The number of nitrogens with zero attached hydrogens (tertiary/aromatic N) is 1. The largest absolute Gasteiger partial charge is 0.496 e. The molecule has 0 unspecified atom stereocenters. The topological polar surface area (TPSA) is 31.4 Å². The number of benzene rings is 1. The van der Waals surface area contributed by atoms with Crippen LogP contribution < -0.4 is 9.47 Å². The first-order valence-corrected chi connectivity index (χ1v) is 7.68. The molecule has 1 aromatic carbocycles. The second-order valence-electron chi connectivity index (χ2n) is 2.96. The highest BCUT2D eigenvalue weighted by Gasteiger charge is 2.10. The van der Waals surface area contributed by atoms with E-state index in [0.717, 1.165) is 19.3 Å². The summed E-state index contributed by atoms with van der Waals surface area (Å²) >= 11 is 11.5. The average molecular weight is 444 g/mol. The van der Waals surface area contributed by atoms with E-state index >= 15 is 0 Å². The lowest BCUT2D eigenvalue weighted by Gasteiger charge is -2.08. The Labute approximate surface area is 128 Å². The Hall–Kier alpha value is -0.110. The first-order valence-electron chi connectivity index (χ1n) is 4.42. The summed E-state index contributed by atoms with van der Waals surface area (Å²) in [6, 6.07) is 3.67. The summed E-state index contributed by atoms with van der Waals surface area (Å²) in [6.07, 6.45) is 0. The van der Waals surface area contributed by atoms with Crippen molar-refractivity contribution in [2.45, 2.75) is 0 Å². The highest BCUT2D eigenvalue weighted by atomic mass is 79.9. The Morgan fingerprint density at radius 2 is 1.76 bits per heavy atom. The first kappa shape index (κ1) is 13.3. The predicted octanol–water partition coefficient (Wildman–Crippen LogP) is 5.23. The Bertz CT molecular complexity index is 544. The molecule has 1 aromatic heterocycles. The van der Waals surface area contributed by atoms with E-state index < -0.39 is 0 Å². The third-order valence-corrected chi connectivity index (χ3v) is 4.52. The van der Waals surface area contributed by atoms with Crippen LogP contribution in [0, 0.1) is 0 Å². The van der Waals surface area contributed by atoms with Crippen LogP contribution in [0.5, 0.6) is 16.7 Å². The molecule has 0 saturated carbocycles. The second-order valence-corrected chi connectivity index (χ2v) is 6.30. The molecule has 0 atom stereocenters. The van der Waals surface area contributed by atoms with Crippen LogP contribution in [0.1, 0.15) is 0 Å². The van der Waals surface area contributed by atoms with E-state index in [1.54, 1.807) is 7.11 Å². The zero-order valence-electron chi connectivity index (χ0n) is 8.54. The van der Waals surface area contributed by atoms with Crippen LogP contribution in [-0.2, 0) is 0 Å². The summed E-state index contributed by atoms with van der Waals surface area (Å²) in [5, 5.41) is 2.44. The molecule has 0 aliphatic rings. The molecule has 0 bridgehead atoms. The van der Waals surface area contributed by atoms with Gasteiger partial charge in [0.2, 0.25) is 0 Å². The van der Waals surface area contributed by atoms with E-state index in [9.17, 15) is 0 Å². The molecule has 3 nitrogen and oxygen atoms in total. The standard InChI is InChI=1S/C10H6Br3NO2S/c1-15-7-2-6(12)8(3-5(7)11)16-10-14-9(13)4-17-10/h2-4H,1H3. The number of methoxy groups -OCH3 is 1. The van der Waals surface area contributed by atoms with Gasteiger partial charge in [-0.15, -0.1) is 0 Å². The van der Waals surface area contributed by atoms with Crippen molar-refractivity contribution in [3.05, 3.63) is 31.1 Å². The van der Waals surface area contributed by atoms with Crippen molar-refractivity contribution >= 4 is 59.1 Å². The molecule has 2 rings (SSSR count). The number of rotatable bonds is 3. The van der Waals surface area contributed by atoms with E-state index in [1.165, 1.54) is 11.3 Å². The summed E-state index contributed by atoms with van der Waals surface area (Å²) in [4.78, 5) is 4.16. The molecule has 0 spiro atoms. The van der Waals surface area contributed by atoms with Gasteiger partial charge in [0.1, 0.15) is 16.1 Å². The number of ether oxygens (including phenoxy) is 2. The van der Waals surface area contributed by atoms with Gasteiger partial charge in [-0.1, -0.05) is 11.3 Å².